The van der Waals surface area contributed by atoms with Gasteiger partial charge in [-0.05, 0) is 6.92 Å². The monoisotopic (exact) mass is 174 g/mol. The van der Waals surface area contributed by atoms with Gasteiger partial charge in [-0.25, -0.2) is 0 Å². The van der Waals surface area contributed by atoms with Crippen molar-refractivity contribution in [2.24, 2.45) is 5.73 Å². The predicted octanol–water partition coefficient (Wildman–Crippen LogP) is -0.685. The van der Waals surface area contributed by atoms with Crippen LogP contribution < -0.4 is 11.1 Å². The normalized spacial score (nSPS) is 12.4. The van der Waals surface area contributed by atoms with E-state index in [2.05, 4.69) is 5.32 Å². The topological polar surface area (TPSA) is 92.4 Å². The molecule has 5 nitrogen and oxygen atoms in total. The van der Waals surface area contributed by atoms with Crippen molar-refractivity contribution >= 4 is 11.9 Å². The molecule has 5 heteroatoms. The van der Waals surface area contributed by atoms with Crippen molar-refractivity contribution in [3.8, 4) is 0 Å². The molecule has 1 unspecified atom stereocenters. The van der Waals surface area contributed by atoms with Crippen molar-refractivity contribution < 1.29 is 14.7 Å². The summed E-state index contributed by atoms with van der Waals surface area (Å²) in [6.45, 7) is 2.15. The standard InChI is InChI=1S/C7H14N2O3/c1-5(4-6(8)10)9-3-2-7(11)12/h5,9H,2-4H2,1H3,(H2,8,10)(H,11,12). The van der Waals surface area contributed by atoms with Gasteiger partial charge in [0.1, 0.15) is 0 Å². The lowest BCUT2D eigenvalue weighted by Gasteiger charge is -2.09. The fourth-order valence-electron chi connectivity index (χ4n) is 0.799. The number of primary amides is 1. The first-order valence-corrected chi connectivity index (χ1v) is 3.76. The van der Waals surface area contributed by atoms with E-state index < -0.39 is 5.97 Å². The molecule has 0 aliphatic heterocycles. The summed E-state index contributed by atoms with van der Waals surface area (Å²) < 4.78 is 0. The minimum absolute atomic E-state index is 0.0538. The van der Waals surface area contributed by atoms with Gasteiger partial charge >= 0.3 is 5.97 Å². The molecule has 12 heavy (non-hydrogen) atoms. The molecule has 0 aliphatic carbocycles. The molecule has 0 saturated heterocycles. The summed E-state index contributed by atoms with van der Waals surface area (Å²) in [6, 6.07) is -0.0538. The van der Waals surface area contributed by atoms with Gasteiger partial charge in [0, 0.05) is 19.0 Å². The Bertz CT molecular complexity index is 170. The van der Waals surface area contributed by atoms with E-state index in [0.717, 1.165) is 0 Å². The van der Waals surface area contributed by atoms with Crippen LogP contribution >= 0.6 is 0 Å². The van der Waals surface area contributed by atoms with E-state index in [1.165, 1.54) is 0 Å². The van der Waals surface area contributed by atoms with Crippen molar-refractivity contribution in [3.05, 3.63) is 0 Å². The Hall–Kier alpha value is -1.10. The van der Waals surface area contributed by atoms with E-state index in [-0.39, 0.29) is 24.8 Å². The molecule has 0 aliphatic rings. The van der Waals surface area contributed by atoms with Crippen LogP contribution in [0.5, 0.6) is 0 Å². The van der Waals surface area contributed by atoms with Crippen LogP contribution in [0.15, 0.2) is 0 Å². The summed E-state index contributed by atoms with van der Waals surface area (Å²) >= 11 is 0. The van der Waals surface area contributed by atoms with Gasteiger partial charge in [-0.3, -0.25) is 9.59 Å². The molecule has 0 aromatic heterocycles. The number of carboxylic acid groups (broad SMARTS) is 1. The van der Waals surface area contributed by atoms with Crippen LogP contribution in [-0.2, 0) is 9.59 Å². The number of nitrogens with two attached hydrogens (primary N) is 1. The lowest BCUT2D eigenvalue weighted by molar-refractivity contribution is -0.136. The summed E-state index contributed by atoms with van der Waals surface area (Å²) in [4.78, 5) is 20.4. The lowest BCUT2D eigenvalue weighted by Crippen LogP contribution is -2.32. The number of carbonyl (C=O) groups is 2. The van der Waals surface area contributed by atoms with E-state index in [9.17, 15) is 9.59 Å². The van der Waals surface area contributed by atoms with Gasteiger partial charge in [-0.2, -0.15) is 0 Å². The van der Waals surface area contributed by atoms with Crippen molar-refractivity contribution in [1.82, 2.24) is 5.32 Å². The Balaban J connectivity index is 3.37. The number of carbonyl (C=O) groups excluding carboxylic acids is 1. The number of hydrogen-bond acceptors (Lipinski definition) is 3. The van der Waals surface area contributed by atoms with Crippen LogP contribution in [0.25, 0.3) is 0 Å². The molecule has 0 rings (SSSR count). The quantitative estimate of drug-likeness (QED) is 0.497. The molecule has 1 atom stereocenters. The maximum atomic E-state index is 10.4. The Morgan fingerprint density at radius 1 is 1.58 bits per heavy atom. The third-order valence-corrected chi connectivity index (χ3v) is 1.34. The maximum Gasteiger partial charge on any atom is 0.304 e. The Morgan fingerprint density at radius 2 is 2.17 bits per heavy atom. The van der Waals surface area contributed by atoms with E-state index in [1.54, 1.807) is 6.92 Å². The molecule has 1 amide bonds. The zero-order chi connectivity index (χ0) is 9.56. The first-order valence-electron chi connectivity index (χ1n) is 3.76. The second-order valence-electron chi connectivity index (χ2n) is 2.67. The molecular formula is C7H14N2O3. The van der Waals surface area contributed by atoms with Crippen molar-refractivity contribution in [3.63, 3.8) is 0 Å². The zero-order valence-electron chi connectivity index (χ0n) is 7.04. The summed E-state index contributed by atoms with van der Waals surface area (Å²) in [6.07, 6.45) is 0.294. The largest absolute Gasteiger partial charge is 0.481 e. The summed E-state index contributed by atoms with van der Waals surface area (Å²) in [7, 11) is 0. The first kappa shape index (κ1) is 10.9. The third-order valence-electron chi connectivity index (χ3n) is 1.34. The summed E-state index contributed by atoms with van der Waals surface area (Å²) in [5.41, 5.74) is 4.93. The third kappa shape index (κ3) is 7.01. The highest BCUT2D eigenvalue weighted by molar-refractivity contribution is 5.74. The van der Waals surface area contributed by atoms with E-state index in [4.69, 9.17) is 10.8 Å². The predicted molar refractivity (Wildman–Crippen MR) is 43.5 cm³/mol. The van der Waals surface area contributed by atoms with Crippen LogP contribution in [0.1, 0.15) is 19.8 Å². The fourth-order valence-corrected chi connectivity index (χ4v) is 0.799. The highest BCUT2D eigenvalue weighted by Gasteiger charge is 2.05. The smallest absolute Gasteiger partial charge is 0.304 e. The molecule has 70 valence electrons. The van der Waals surface area contributed by atoms with Gasteiger partial charge in [0.2, 0.25) is 5.91 Å². The Kier molecular flexibility index (Phi) is 5.03. The molecule has 0 radical (unpaired) electrons. The average molecular weight is 174 g/mol. The van der Waals surface area contributed by atoms with E-state index in [1.807, 2.05) is 0 Å². The number of rotatable bonds is 6. The number of amides is 1. The van der Waals surface area contributed by atoms with Gasteiger partial charge in [-0.1, -0.05) is 0 Å². The van der Waals surface area contributed by atoms with Gasteiger partial charge in [0.25, 0.3) is 0 Å². The van der Waals surface area contributed by atoms with Crippen LogP contribution in [0, 0.1) is 0 Å². The van der Waals surface area contributed by atoms with Crippen molar-refractivity contribution in [2.75, 3.05) is 6.54 Å². The zero-order valence-corrected chi connectivity index (χ0v) is 7.04. The van der Waals surface area contributed by atoms with E-state index >= 15 is 0 Å². The van der Waals surface area contributed by atoms with Gasteiger partial charge in [0.15, 0.2) is 0 Å². The molecule has 4 N–H and O–H groups in total. The molecule has 0 aromatic rings. The minimum Gasteiger partial charge on any atom is -0.481 e. The lowest BCUT2D eigenvalue weighted by atomic mass is 10.2. The molecule has 0 aromatic carbocycles. The Labute approximate surface area is 70.9 Å². The maximum absolute atomic E-state index is 10.4. The fraction of sp³-hybridized carbons (Fsp3) is 0.714. The number of hydrogen-bond donors (Lipinski definition) is 3. The summed E-state index contributed by atoms with van der Waals surface area (Å²) in [5.74, 6) is -1.24. The van der Waals surface area contributed by atoms with Gasteiger partial charge in [-0.15, -0.1) is 0 Å². The SMILES string of the molecule is CC(CC(N)=O)NCCC(=O)O. The van der Waals surface area contributed by atoms with Gasteiger partial charge < -0.3 is 16.2 Å². The average Bonchev–Trinajstić information content (AvgIpc) is 1.84. The number of aliphatic carboxylic acids is 1. The first-order chi connectivity index (χ1) is 5.52. The number of carboxylic acids is 1. The van der Waals surface area contributed by atoms with Crippen molar-refractivity contribution in [2.45, 2.75) is 25.8 Å². The second kappa shape index (κ2) is 5.54. The highest BCUT2D eigenvalue weighted by atomic mass is 16.4. The molecule has 0 fully saturated rings. The summed E-state index contributed by atoms with van der Waals surface area (Å²) in [5, 5.41) is 11.1. The van der Waals surface area contributed by atoms with Crippen molar-refractivity contribution in [1.29, 1.82) is 0 Å². The molecular weight excluding hydrogens is 160 g/mol. The second-order valence-corrected chi connectivity index (χ2v) is 2.67. The molecule has 0 bridgehead atoms. The molecule has 0 saturated carbocycles. The van der Waals surface area contributed by atoms with Gasteiger partial charge in [0.05, 0.1) is 6.42 Å². The highest BCUT2D eigenvalue weighted by Crippen LogP contribution is 1.88. The van der Waals surface area contributed by atoms with Crippen LogP contribution in [-0.4, -0.2) is 29.6 Å². The Morgan fingerprint density at radius 3 is 2.58 bits per heavy atom. The van der Waals surface area contributed by atoms with E-state index in [0.29, 0.717) is 6.54 Å². The van der Waals surface area contributed by atoms with Crippen LogP contribution in [0.2, 0.25) is 0 Å². The molecule has 0 heterocycles. The number of nitrogens with one attached hydrogen (secondary N) is 1. The molecule has 0 spiro atoms. The minimum atomic E-state index is -0.853. The van der Waals surface area contributed by atoms with Crippen LogP contribution in [0.4, 0.5) is 0 Å². The van der Waals surface area contributed by atoms with Crippen LogP contribution in [0.3, 0.4) is 0 Å².